The van der Waals surface area contributed by atoms with Crippen LogP contribution in [0.25, 0.3) is 33.3 Å². The summed E-state index contributed by atoms with van der Waals surface area (Å²) in [7, 11) is 0. The third kappa shape index (κ3) is 3.65. The van der Waals surface area contributed by atoms with Gasteiger partial charge in [0.1, 0.15) is 11.3 Å². The van der Waals surface area contributed by atoms with E-state index in [0.717, 1.165) is 16.3 Å². The molecule has 0 saturated heterocycles. The zero-order valence-electron chi connectivity index (χ0n) is 16.4. The van der Waals surface area contributed by atoms with Gasteiger partial charge in [-0.15, -0.1) is 0 Å². The van der Waals surface area contributed by atoms with Gasteiger partial charge in [0.05, 0.1) is 5.69 Å². The maximum atomic E-state index is 10.2. The van der Waals surface area contributed by atoms with E-state index in [0.29, 0.717) is 43.9 Å². The summed E-state index contributed by atoms with van der Waals surface area (Å²) >= 11 is 12.4. The molecule has 152 valence electrons. The molecule has 0 radical (unpaired) electrons. The summed E-state index contributed by atoms with van der Waals surface area (Å²) in [5.41, 5.74) is 4.16. The lowest BCUT2D eigenvalue weighted by Gasteiger charge is -2.04. The number of aromatic nitrogens is 1. The molecule has 4 nitrogen and oxygen atoms in total. The minimum Gasteiger partial charge on any atom is -0.507 e. The number of aryl methyl sites for hydroxylation is 1. The molecule has 0 saturated carbocycles. The van der Waals surface area contributed by atoms with Crippen LogP contribution in [0.5, 0.6) is 5.75 Å². The number of nitrogens with zero attached hydrogens (tertiary/aromatic N) is 2. The van der Waals surface area contributed by atoms with Crippen LogP contribution in [0.3, 0.4) is 0 Å². The highest BCUT2D eigenvalue weighted by molar-refractivity contribution is 6.35. The van der Waals surface area contributed by atoms with Gasteiger partial charge in [-0.2, -0.15) is 0 Å². The number of oxazole rings is 1. The number of halogens is 2. The van der Waals surface area contributed by atoms with Crippen LogP contribution in [-0.2, 0) is 0 Å². The van der Waals surface area contributed by atoms with Crippen LogP contribution in [0.4, 0.5) is 5.69 Å². The van der Waals surface area contributed by atoms with Crippen molar-refractivity contribution in [3.63, 3.8) is 0 Å². The lowest BCUT2D eigenvalue weighted by molar-refractivity contribution is 0.470. The van der Waals surface area contributed by atoms with Gasteiger partial charge in [-0.25, -0.2) is 4.98 Å². The van der Waals surface area contributed by atoms with E-state index in [1.165, 1.54) is 0 Å². The first-order valence-electron chi connectivity index (χ1n) is 9.61. The molecule has 1 aromatic heterocycles. The molecule has 0 bridgehead atoms. The Morgan fingerprint density at radius 2 is 1.77 bits per heavy atom. The monoisotopic (exact) mass is 446 g/mol. The minimum absolute atomic E-state index is 0.160. The first-order valence-corrected chi connectivity index (χ1v) is 10.4. The fraction of sp³-hybridized carbons (Fsp3) is 0.0400. The number of benzene rings is 4. The van der Waals surface area contributed by atoms with Crippen LogP contribution in [-0.4, -0.2) is 16.3 Å². The van der Waals surface area contributed by atoms with Crippen LogP contribution in [0, 0.1) is 6.92 Å². The highest BCUT2D eigenvalue weighted by Gasteiger charge is 2.13. The Kier molecular flexibility index (Phi) is 4.89. The Bertz CT molecular complexity index is 1490. The number of hydrogen-bond acceptors (Lipinski definition) is 4. The van der Waals surface area contributed by atoms with E-state index in [9.17, 15) is 5.11 Å². The number of rotatable bonds is 3. The van der Waals surface area contributed by atoms with Gasteiger partial charge in [-0.1, -0.05) is 47.5 Å². The minimum atomic E-state index is 0.160. The SMILES string of the molecule is Cc1cc(Cl)cc(C=Nc2ccc3oc(-c4cccc5c(Cl)cccc45)nc3c2)c1O. The van der Waals surface area contributed by atoms with E-state index < -0.39 is 0 Å². The van der Waals surface area contributed by atoms with Crippen LogP contribution < -0.4 is 0 Å². The van der Waals surface area contributed by atoms with Crippen molar-refractivity contribution in [2.45, 2.75) is 6.92 Å². The van der Waals surface area contributed by atoms with E-state index in [1.54, 1.807) is 25.3 Å². The lowest BCUT2D eigenvalue weighted by Crippen LogP contribution is -1.86. The fourth-order valence-corrected chi connectivity index (χ4v) is 4.09. The van der Waals surface area contributed by atoms with Gasteiger partial charge in [-0.3, -0.25) is 4.99 Å². The fourth-order valence-electron chi connectivity index (χ4n) is 3.57. The van der Waals surface area contributed by atoms with Crippen molar-refractivity contribution in [2.75, 3.05) is 0 Å². The van der Waals surface area contributed by atoms with Gasteiger partial charge in [0.2, 0.25) is 5.89 Å². The second-order valence-electron chi connectivity index (χ2n) is 7.23. The van der Waals surface area contributed by atoms with Crippen molar-refractivity contribution in [2.24, 2.45) is 4.99 Å². The molecule has 5 rings (SSSR count). The molecular weight excluding hydrogens is 431 g/mol. The molecule has 31 heavy (non-hydrogen) atoms. The topological polar surface area (TPSA) is 58.6 Å². The summed E-state index contributed by atoms with van der Waals surface area (Å²) in [5.74, 6) is 0.680. The predicted octanol–water partition coefficient (Wildman–Crippen LogP) is 7.72. The second-order valence-corrected chi connectivity index (χ2v) is 8.07. The largest absolute Gasteiger partial charge is 0.507 e. The van der Waals surface area contributed by atoms with E-state index in [4.69, 9.17) is 27.6 Å². The second kappa shape index (κ2) is 7.73. The van der Waals surface area contributed by atoms with Crippen molar-refractivity contribution in [1.29, 1.82) is 0 Å². The molecule has 0 aliphatic carbocycles. The highest BCUT2D eigenvalue weighted by atomic mass is 35.5. The van der Waals surface area contributed by atoms with E-state index >= 15 is 0 Å². The average molecular weight is 447 g/mol. The summed E-state index contributed by atoms with van der Waals surface area (Å²) in [6.07, 6.45) is 1.59. The number of hydrogen-bond donors (Lipinski definition) is 1. The summed E-state index contributed by atoms with van der Waals surface area (Å²) < 4.78 is 6.01. The van der Waals surface area contributed by atoms with Gasteiger partial charge < -0.3 is 9.52 Å². The van der Waals surface area contributed by atoms with Gasteiger partial charge in [0.15, 0.2) is 5.58 Å². The number of aliphatic imine (C=N–C) groups is 1. The molecule has 0 aliphatic rings. The van der Waals surface area contributed by atoms with E-state index in [2.05, 4.69) is 9.98 Å². The zero-order valence-corrected chi connectivity index (χ0v) is 17.9. The molecule has 5 aromatic rings. The molecule has 1 N–H and O–H groups in total. The number of aromatic hydroxyl groups is 1. The summed E-state index contributed by atoms with van der Waals surface area (Å²) in [6, 6.07) is 20.5. The summed E-state index contributed by atoms with van der Waals surface area (Å²) in [6.45, 7) is 1.79. The van der Waals surface area contributed by atoms with Gasteiger partial charge in [0.25, 0.3) is 0 Å². The van der Waals surface area contributed by atoms with Crippen molar-refractivity contribution in [1.82, 2.24) is 4.98 Å². The predicted molar refractivity (Wildman–Crippen MR) is 127 cm³/mol. The van der Waals surface area contributed by atoms with E-state index in [1.807, 2.05) is 54.6 Å². The maximum absolute atomic E-state index is 10.2. The smallest absolute Gasteiger partial charge is 0.227 e. The Morgan fingerprint density at radius 3 is 2.65 bits per heavy atom. The third-order valence-electron chi connectivity index (χ3n) is 5.12. The molecule has 0 atom stereocenters. The quantitative estimate of drug-likeness (QED) is 0.288. The molecule has 6 heteroatoms. The van der Waals surface area contributed by atoms with Gasteiger partial charge >= 0.3 is 0 Å². The Morgan fingerprint density at radius 1 is 0.968 bits per heavy atom. The Hall–Kier alpha value is -3.34. The van der Waals surface area contributed by atoms with Crippen molar-refractivity contribution >= 4 is 57.0 Å². The molecule has 4 aromatic carbocycles. The number of fused-ring (bicyclic) bond motifs is 2. The summed E-state index contributed by atoms with van der Waals surface area (Å²) in [5, 5.41) is 13.4. The Labute approximate surface area is 188 Å². The van der Waals surface area contributed by atoms with E-state index in [-0.39, 0.29) is 5.75 Å². The average Bonchev–Trinajstić information content (AvgIpc) is 3.18. The molecule has 0 amide bonds. The normalized spacial score (nSPS) is 11.7. The van der Waals surface area contributed by atoms with Gasteiger partial charge in [0, 0.05) is 32.8 Å². The van der Waals surface area contributed by atoms with Gasteiger partial charge in [-0.05, 0) is 60.3 Å². The van der Waals surface area contributed by atoms with Crippen LogP contribution >= 0.6 is 23.2 Å². The molecule has 0 fully saturated rings. The first-order chi connectivity index (χ1) is 15.0. The molecule has 0 spiro atoms. The molecule has 0 aliphatic heterocycles. The maximum Gasteiger partial charge on any atom is 0.227 e. The highest BCUT2D eigenvalue weighted by Crippen LogP contribution is 2.34. The summed E-state index contributed by atoms with van der Waals surface area (Å²) in [4.78, 5) is 9.14. The van der Waals surface area contributed by atoms with Crippen LogP contribution in [0.2, 0.25) is 10.0 Å². The lowest BCUT2D eigenvalue weighted by atomic mass is 10.0. The molecular formula is C25H16Cl2N2O2. The van der Waals surface area contributed by atoms with Crippen molar-refractivity contribution in [3.8, 4) is 17.2 Å². The number of phenols is 1. The van der Waals surface area contributed by atoms with Crippen LogP contribution in [0.1, 0.15) is 11.1 Å². The standard InChI is InChI=1S/C25H16Cl2N2O2/c1-14-10-16(26)11-15(24(14)30)13-28-17-8-9-23-22(12-17)29-25(31-23)20-6-2-5-19-18(20)4-3-7-21(19)27/h2-13,30H,1H3. The third-order valence-corrected chi connectivity index (χ3v) is 5.67. The first kappa shape index (κ1) is 19.6. The zero-order chi connectivity index (χ0) is 21.5. The van der Waals surface area contributed by atoms with Crippen molar-refractivity contribution < 1.29 is 9.52 Å². The number of phenolic OH excluding ortho intramolecular Hbond substituents is 1. The van der Waals surface area contributed by atoms with Crippen molar-refractivity contribution in [3.05, 3.63) is 87.9 Å². The molecule has 1 heterocycles. The Balaban J connectivity index is 1.54. The van der Waals surface area contributed by atoms with Crippen LogP contribution in [0.15, 0.2) is 76.1 Å². The molecule has 0 unspecified atom stereocenters.